The second-order valence-electron chi connectivity index (χ2n) is 7.19. The number of piperazine rings is 1. The Morgan fingerprint density at radius 2 is 1.56 bits per heavy atom. The molecule has 0 aliphatic carbocycles. The fourth-order valence-electron chi connectivity index (χ4n) is 3.32. The highest BCUT2D eigenvalue weighted by Gasteiger charge is 2.24. The third-order valence-corrected chi connectivity index (χ3v) is 4.98. The van der Waals surface area contributed by atoms with Gasteiger partial charge in [-0.25, -0.2) is 0 Å². The summed E-state index contributed by atoms with van der Waals surface area (Å²) in [6.07, 6.45) is 0. The molecule has 1 heterocycles. The smallest absolute Gasteiger partial charge is 0.254 e. The molecule has 25 heavy (non-hydrogen) atoms. The lowest BCUT2D eigenvalue weighted by atomic mass is 10.0. The number of hydrogen-bond acceptors (Lipinski definition) is 1. The number of quaternary nitrogens is 2. The molecule has 132 valence electrons. The summed E-state index contributed by atoms with van der Waals surface area (Å²) in [7, 11) is 4.39. The molecule has 1 amide bonds. The van der Waals surface area contributed by atoms with Crippen LogP contribution in [0.2, 0.25) is 0 Å². The van der Waals surface area contributed by atoms with E-state index in [-0.39, 0.29) is 5.91 Å². The highest BCUT2D eigenvalue weighted by Crippen LogP contribution is 2.19. The Morgan fingerprint density at radius 3 is 2.16 bits per heavy atom. The van der Waals surface area contributed by atoms with Crippen LogP contribution in [-0.2, 0) is 0 Å². The molecular formula is C21H29N3O+2. The third kappa shape index (κ3) is 4.68. The van der Waals surface area contributed by atoms with E-state index in [0.29, 0.717) is 0 Å². The molecule has 2 aromatic rings. The fourth-order valence-corrected chi connectivity index (χ4v) is 3.32. The number of carbonyl (C=O) groups excluding carboxylic acids is 1. The minimum Gasteiger partial charge on any atom is -0.335 e. The first kappa shape index (κ1) is 17.6. The van der Waals surface area contributed by atoms with Crippen molar-refractivity contribution < 1.29 is 14.6 Å². The van der Waals surface area contributed by atoms with Crippen molar-refractivity contribution in [3.05, 3.63) is 60.2 Å². The van der Waals surface area contributed by atoms with Gasteiger partial charge in [0.2, 0.25) is 0 Å². The number of hydrogen-bond donors (Lipinski definition) is 2. The summed E-state index contributed by atoms with van der Waals surface area (Å²) >= 11 is 0. The van der Waals surface area contributed by atoms with E-state index >= 15 is 0 Å². The molecule has 0 bridgehead atoms. The van der Waals surface area contributed by atoms with Crippen LogP contribution in [-0.4, -0.2) is 64.2 Å². The number of benzene rings is 2. The van der Waals surface area contributed by atoms with E-state index in [0.717, 1.165) is 37.3 Å². The lowest BCUT2D eigenvalue weighted by molar-refractivity contribution is -0.943. The molecule has 0 saturated carbocycles. The minimum absolute atomic E-state index is 0.164. The molecule has 0 radical (unpaired) electrons. The quantitative estimate of drug-likeness (QED) is 0.779. The first-order valence-electron chi connectivity index (χ1n) is 9.21. The molecule has 1 saturated heterocycles. The lowest BCUT2D eigenvalue weighted by Gasteiger charge is -2.32. The molecule has 0 aromatic heterocycles. The largest absolute Gasteiger partial charge is 0.335 e. The van der Waals surface area contributed by atoms with E-state index in [1.807, 2.05) is 47.4 Å². The van der Waals surface area contributed by atoms with Crippen molar-refractivity contribution in [2.45, 2.75) is 0 Å². The average molecular weight is 339 g/mol. The van der Waals surface area contributed by atoms with Crippen LogP contribution in [0.25, 0.3) is 11.1 Å². The van der Waals surface area contributed by atoms with Gasteiger partial charge in [0.05, 0.1) is 40.3 Å². The number of carbonyl (C=O) groups is 1. The van der Waals surface area contributed by atoms with E-state index in [1.54, 1.807) is 4.90 Å². The Labute approximate surface area is 150 Å². The number of likely N-dealkylation sites (N-methyl/N-ethyl adjacent to an activating group) is 1. The van der Waals surface area contributed by atoms with Crippen LogP contribution in [0, 0.1) is 0 Å². The summed E-state index contributed by atoms with van der Waals surface area (Å²) in [5.74, 6) is 0.164. The standard InChI is InChI=1S/C21H27N3O/c1-22(2)12-13-23-14-16-24(17-15-23)21(25)20-10-8-19(9-11-20)18-6-4-3-5-7-18/h3-11H,12-17H2,1-2H3/p+2. The molecular weight excluding hydrogens is 310 g/mol. The molecule has 1 fully saturated rings. The van der Waals surface area contributed by atoms with Gasteiger partial charge < -0.3 is 14.7 Å². The van der Waals surface area contributed by atoms with Crippen LogP contribution >= 0.6 is 0 Å². The average Bonchev–Trinajstić information content (AvgIpc) is 2.67. The van der Waals surface area contributed by atoms with Crippen LogP contribution in [0.3, 0.4) is 0 Å². The maximum Gasteiger partial charge on any atom is 0.254 e. The van der Waals surface area contributed by atoms with Gasteiger partial charge in [0.25, 0.3) is 5.91 Å². The molecule has 1 aliphatic rings. The normalized spacial score (nSPS) is 15.6. The Balaban J connectivity index is 1.57. The molecule has 0 atom stereocenters. The first-order chi connectivity index (χ1) is 12.1. The highest BCUT2D eigenvalue weighted by molar-refractivity contribution is 5.94. The van der Waals surface area contributed by atoms with E-state index in [9.17, 15) is 4.79 Å². The van der Waals surface area contributed by atoms with E-state index in [1.165, 1.54) is 23.6 Å². The summed E-state index contributed by atoms with van der Waals surface area (Å²) in [6.45, 7) is 6.21. The van der Waals surface area contributed by atoms with Crippen molar-refractivity contribution in [2.24, 2.45) is 0 Å². The molecule has 0 spiro atoms. The highest BCUT2D eigenvalue weighted by atomic mass is 16.2. The van der Waals surface area contributed by atoms with Crippen molar-refractivity contribution >= 4 is 5.91 Å². The molecule has 3 rings (SSSR count). The Morgan fingerprint density at radius 1 is 0.960 bits per heavy atom. The maximum atomic E-state index is 12.7. The van der Waals surface area contributed by atoms with Gasteiger partial charge in [0.1, 0.15) is 13.1 Å². The van der Waals surface area contributed by atoms with Crippen LogP contribution in [0.15, 0.2) is 54.6 Å². The number of rotatable bonds is 5. The van der Waals surface area contributed by atoms with Crippen molar-refractivity contribution in [3.63, 3.8) is 0 Å². The second-order valence-corrected chi connectivity index (χ2v) is 7.19. The van der Waals surface area contributed by atoms with Gasteiger partial charge >= 0.3 is 0 Å². The molecule has 2 N–H and O–H groups in total. The van der Waals surface area contributed by atoms with Crippen LogP contribution < -0.4 is 9.80 Å². The molecule has 1 aliphatic heterocycles. The van der Waals surface area contributed by atoms with E-state index in [4.69, 9.17) is 0 Å². The van der Waals surface area contributed by atoms with Gasteiger partial charge in [-0.2, -0.15) is 0 Å². The predicted molar refractivity (Wildman–Crippen MR) is 101 cm³/mol. The summed E-state index contributed by atoms with van der Waals surface area (Å²) in [6, 6.07) is 18.3. The molecule has 4 heteroatoms. The Hall–Kier alpha value is -2.17. The van der Waals surface area contributed by atoms with Crippen molar-refractivity contribution in [1.29, 1.82) is 0 Å². The van der Waals surface area contributed by atoms with Gasteiger partial charge in [-0.05, 0) is 23.3 Å². The number of nitrogens with zero attached hydrogens (tertiary/aromatic N) is 1. The van der Waals surface area contributed by atoms with E-state index < -0.39 is 0 Å². The minimum atomic E-state index is 0.164. The SMILES string of the molecule is C[NH+](C)CC[NH+]1CCN(C(=O)c2ccc(-c3ccccc3)cc2)CC1. The lowest BCUT2D eigenvalue weighted by Crippen LogP contribution is -3.19. The zero-order chi connectivity index (χ0) is 17.6. The monoisotopic (exact) mass is 339 g/mol. The number of amides is 1. The second kappa shape index (κ2) is 8.28. The zero-order valence-corrected chi connectivity index (χ0v) is 15.3. The summed E-state index contributed by atoms with van der Waals surface area (Å²) in [4.78, 5) is 17.8. The topological polar surface area (TPSA) is 29.2 Å². The van der Waals surface area contributed by atoms with Gasteiger partial charge in [0, 0.05) is 5.56 Å². The van der Waals surface area contributed by atoms with Gasteiger partial charge in [0.15, 0.2) is 0 Å². The molecule has 0 unspecified atom stereocenters. The molecule has 4 nitrogen and oxygen atoms in total. The zero-order valence-electron chi connectivity index (χ0n) is 15.3. The first-order valence-corrected chi connectivity index (χ1v) is 9.21. The third-order valence-electron chi connectivity index (χ3n) is 4.98. The van der Waals surface area contributed by atoms with Gasteiger partial charge in [-0.3, -0.25) is 4.79 Å². The van der Waals surface area contributed by atoms with Gasteiger partial charge in [-0.1, -0.05) is 42.5 Å². The van der Waals surface area contributed by atoms with Crippen molar-refractivity contribution in [1.82, 2.24) is 4.90 Å². The summed E-state index contributed by atoms with van der Waals surface area (Å²) < 4.78 is 0. The summed E-state index contributed by atoms with van der Waals surface area (Å²) in [5, 5.41) is 0. The van der Waals surface area contributed by atoms with Crippen molar-refractivity contribution in [3.8, 4) is 11.1 Å². The predicted octanol–water partition coefficient (Wildman–Crippen LogP) is -0.161. The number of nitrogens with one attached hydrogen (secondary N) is 2. The van der Waals surface area contributed by atoms with E-state index in [2.05, 4.69) is 26.2 Å². The Kier molecular flexibility index (Phi) is 5.84. The maximum absolute atomic E-state index is 12.7. The van der Waals surface area contributed by atoms with Crippen LogP contribution in [0.1, 0.15) is 10.4 Å². The Bertz CT molecular complexity index is 674. The van der Waals surface area contributed by atoms with Crippen LogP contribution in [0.5, 0.6) is 0 Å². The summed E-state index contributed by atoms with van der Waals surface area (Å²) in [5.41, 5.74) is 3.13. The van der Waals surface area contributed by atoms with Gasteiger partial charge in [-0.15, -0.1) is 0 Å². The van der Waals surface area contributed by atoms with Crippen LogP contribution in [0.4, 0.5) is 0 Å². The van der Waals surface area contributed by atoms with Crippen molar-refractivity contribution in [2.75, 3.05) is 53.4 Å². The molecule has 2 aromatic carbocycles. The fraction of sp³-hybridized carbons (Fsp3) is 0.381.